The molecule has 2 atom stereocenters. The lowest BCUT2D eigenvalue weighted by Gasteiger charge is -2.40. The first-order valence-electron chi connectivity index (χ1n) is 10.3. The molecular formula is C19H33N3O6. The molecule has 3 amide bonds. The largest absolute Gasteiger partial charge is 0.479 e. The Morgan fingerprint density at radius 1 is 1.14 bits per heavy atom. The molecule has 2 rings (SSSR count). The molecule has 0 aromatic carbocycles. The first-order chi connectivity index (χ1) is 13.4. The van der Waals surface area contributed by atoms with Crippen molar-refractivity contribution in [3.05, 3.63) is 0 Å². The average molecular weight is 399 g/mol. The summed E-state index contributed by atoms with van der Waals surface area (Å²) in [5.74, 6) is -1.77. The number of aliphatic hydroxyl groups excluding tert-OH is 1. The maximum Gasteiger partial charge on any atom is 0.334 e. The highest BCUT2D eigenvalue weighted by Crippen LogP contribution is 2.29. The van der Waals surface area contributed by atoms with Gasteiger partial charge in [-0.3, -0.25) is 4.79 Å². The Morgan fingerprint density at radius 3 is 2.36 bits per heavy atom. The molecule has 1 heterocycles. The van der Waals surface area contributed by atoms with E-state index in [4.69, 9.17) is 9.84 Å². The first-order valence-corrected chi connectivity index (χ1v) is 10.3. The van der Waals surface area contributed by atoms with E-state index in [0.29, 0.717) is 52.0 Å². The van der Waals surface area contributed by atoms with Crippen LogP contribution in [-0.2, 0) is 14.3 Å². The minimum atomic E-state index is -1.67. The van der Waals surface area contributed by atoms with E-state index < -0.39 is 29.6 Å². The lowest BCUT2D eigenvalue weighted by molar-refractivity contribution is -0.149. The molecule has 9 nitrogen and oxygen atoms in total. The van der Waals surface area contributed by atoms with Gasteiger partial charge in [0.25, 0.3) is 0 Å². The Kier molecular flexibility index (Phi) is 8.50. The zero-order chi connectivity index (χ0) is 20.6. The fraction of sp³-hybridized carbons (Fsp3) is 0.842. The molecule has 2 aliphatic rings. The van der Waals surface area contributed by atoms with Gasteiger partial charge in [-0.2, -0.15) is 0 Å². The van der Waals surface area contributed by atoms with Crippen LogP contribution < -0.4 is 10.6 Å². The van der Waals surface area contributed by atoms with E-state index in [1.54, 1.807) is 4.90 Å². The van der Waals surface area contributed by atoms with Crippen LogP contribution in [0.3, 0.4) is 0 Å². The van der Waals surface area contributed by atoms with Crippen molar-refractivity contribution in [2.24, 2.45) is 0 Å². The number of hydrogen-bond donors (Lipinski definition) is 4. The number of morpholine rings is 1. The predicted octanol–water partition coefficient (Wildman–Crippen LogP) is 0.852. The minimum Gasteiger partial charge on any atom is -0.479 e. The maximum absolute atomic E-state index is 13.2. The molecule has 9 heteroatoms. The van der Waals surface area contributed by atoms with Gasteiger partial charge in [-0.1, -0.05) is 39.0 Å². The smallest absolute Gasteiger partial charge is 0.334 e. The average Bonchev–Trinajstić information content (AvgIpc) is 2.71. The summed E-state index contributed by atoms with van der Waals surface area (Å²) in [4.78, 5) is 38.7. The second-order valence-corrected chi connectivity index (χ2v) is 7.68. The van der Waals surface area contributed by atoms with E-state index in [9.17, 15) is 19.5 Å². The number of carbonyl (C=O) groups is 3. The lowest BCUT2D eigenvalue weighted by Crippen LogP contribution is -2.64. The lowest BCUT2D eigenvalue weighted by atomic mass is 9.80. The normalized spacial score (nSPS) is 21.4. The number of urea groups is 1. The standard InChI is InChI=1S/C19H33N3O6/c1-2-3-7-14(15(23)16(24)25)20-17(26)19(8-5-4-6-9-19)21-18(27)22-10-12-28-13-11-22/h14-15,23H,2-13H2,1H3,(H,20,26)(H,21,27)(H,24,25)/t14-,15+/m0/s1. The van der Waals surface area contributed by atoms with Crippen molar-refractivity contribution >= 4 is 17.9 Å². The van der Waals surface area contributed by atoms with Crippen molar-refractivity contribution in [3.8, 4) is 0 Å². The number of aliphatic hydroxyl groups is 1. The molecule has 1 aliphatic carbocycles. The fourth-order valence-electron chi connectivity index (χ4n) is 3.83. The summed E-state index contributed by atoms with van der Waals surface area (Å²) < 4.78 is 5.27. The number of nitrogens with one attached hydrogen (secondary N) is 2. The van der Waals surface area contributed by atoms with Gasteiger partial charge >= 0.3 is 12.0 Å². The molecule has 0 spiro atoms. The van der Waals surface area contributed by atoms with Crippen LogP contribution in [0.25, 0.3) is 0 Å². The van der Waals surface area contributed by atoms with Crippen molar-refractivity contribution in [3.63, 3.8) is 0 Å². The van der Waals surface area contributed by atoms with Crippen LogP contribution in [0.4, 0.5) is 4.79 Å². The Balaban J connectivity index is 2.11. The van der Waals surface area contributed by atoms with Crippen molar-refractivity contribution < 1.29 is 29.3 Å². The van der Waals surface area contributed by atoms with Gasteiger partial charge in [-0.25, -0.2) is 9.59 Å². The number of rotatable bonds is 8. The van der Waals surface area contributed by atoms with E-state index in [1.807, 2.05) is 6.92 Å². The third kappa shape index (κ3) is 5.81. The van der Waals surface area contributed by atoms with E-state index in [-0.39, 0.29) is 6.03 Å². The molecule has 2 fully saturated rings. The number of nitrogens with zero attached hydrogens (tertiary/aromatic N) is 1. The Labute approximate surface area is 165 Å². The van der Waals surface area contributed by atoms with Gasteiger partial charge in [-0.15, -0.1) is 0 Å². The topological polar surface area (TPSA) is 128 Å². The van der Waals surface area contributed by atoms with E-state index >= 15 is 0 Å². The van der Waals surface area contributed by atoms with Gasteiger partial charge in [0, 0.05) is 13.1 Å². The SMILES string of the molecule is CCCC[C@H](NC(=O)C1(NC(=O)N2CCOCC2)CCCCC1)[C@@H](O)C(=O)O. The van der Waals surface area contributed by atoms with Crippen LogP contribution in [0.2, 0.25) is 0 Å². The van der Waals surface area contributed by atoms with Gasteiger partial charge < -0.3 is 30.5 Å². The fourth-order valence-corrected chi connectivity index (χ4v) is 3.83. The number of carboxylic acid groups (broad SMARTS) is 1. The summed E-state index contributed by atoms with van der Waals surface area (Å²) >= 11 is 0. The number of carboxylic acids is 1. The maximum atomic E-state index is 13.2. The molecule has 1 saturated heterocycles. The second-order valence-electron chi connectivity index (χ2n) is 7.68. The molecule has 160 valence electrons. The Bertz CT molecular complexity index is 544. The minimum absolute atomic E-state index is 0.302. The quantitative estimate of drug-likeness (QED) is 0.479. The van der Waals surface area contributed by atoms with Crippen LogP contribution in [0, 0.1) is 0 Å². The van der Waals surface area contributed by atoms with Crippen LogP contribution in [0.5, 0.6) is 0 Å². The number of carbonyl (C=O) groups excluding carboxylic acids is 2. The van der Waals surface area contributed by atoms with Crippen LogP contribution in [0.1, 0.15) is 58.3 Å². The highest BCUT2D eigenvalue weighted by molar-refractivity contribution is 5.91. The number of aliphatic carboxylic acids is 1. The Hall–Kier alpha value is -1.87. The van der Waals surface area contributed by atoms with Crippen molar-refractivity contribution in [2.45, 2.75) is 76.0 Å². The van der Waals surface area contributed by atoms with Gasteiger partial charge in [0.2, 0.25) is 5.91 Å². The summed E-state index contributed by atoms with van der Waals surface area (Å²) in [5, 5.41) is 24.8. The molecule has 0 bridgehead atoms. The van der Waals surface area contributed by atoms with Crippen LogP contribution >= 0.6 is 0 Å². The summed E-state index contributed by atoms with van der Waals surface area (Å²) in [6.07, 6.45) is 3.78. The molecule has 0 aromatic heterocycles. The van der Waals surface area contributed by atoms with Crippen LogP contribution in [-0.4, -0.2) is 77.0 Å². The highest BCUT2D eigenvalue weighted by atomic mass is 16.5. The molecule has 28 heavy (non-hydrogen) atoms. The van der Waals surface area contributed by atoms with E-state index in [2.05, 4.69) is 10.6 Å². The summed E-state index contributed by atoms with van der Waals surface area (Å²) in [7, 11) is 0. The van der Waals surface area contributed by atoms with Crippen molar-refractivity contribution in [1.82, 2.24) is 15.5 Å². The molecule has 1 aliphatic heterocycles. The third-order valence-corrected chi connectivity index (χ3v) is 5.61. The van der Waals surface area contributed by atoms with Gasteiger partial charge in [0.1, 0.15) is 5.54 Å². The number of hydrogen-bond acceptors (Lipinski definition) is 5. The first kappa shape index (κ1) is 22.4. The monoisotopic (exact) mass is 399 g/mol. The predicted molar refractivity (Wildman–Crippen MR) is 102 cm³/mol. The molecule has 0 aromatic rings. The molecule has 4 N–H and O–H groups in total. The van der Waals surface area contributed by atoms with Crippen molar-refractivity contribution in [2.75, 3.05) is 26.3 Å². The van der Waals surface area contributed by atoms with Gasteiger partial charge in [-0.05, 0) is 19.3 Å². The molecule has 0 unspecified atom stereocenters. The van der Waals surface area contributed by atoms with Crippen molar-refractivity contribution in [1.29, 1.82) is 0 Å². The number of amides is 3. The van der Waals surface area contributed by atoms with Gasteiger partial charge in [0.05, 0.1) is 19.3 Å². The molecule has 0 radical (unpaired) electrons. The molecule has 1 saturated carbocycles. The van der Waals surface area contributed by atoms with Gasteiger partial charge in [0.15, 0.2) is 6.10 Å². The van der Waals surface area contributed by atoms with Crippen LogP contribution in [0.15, 0.2) is 0 Å². The highest BCUT2D eigenvalue weighted by Gasteiger charge is 2.43. The zero-order valence-electron chi connectivity index (χ0n) is 16.6. The molecular weight excluding hydrogens is 366 g/mol. The summed E-state index contributed by atoms with van der Waals surface area (Å²) in [6, 6.07) is -1.19. The number of unbranched alkanes of at least 4 members (excludes halogenated alkanes) is 1. The van der Waals surface area contributed by atoms with E-state index in [0.717, 1.165) is 25.7 Å². The second kappa shape index (κ2) is 10.6. The Morgan fingerprint density at radius 2 is 1.79 bits per heavy atom. The summed E-state index contributed by atoms with van der Waals surface area (Å²) in [6.45, 7) is 3.84. The van der Waals surface area contributed by atoms with E-state index in [1.165, 1.54) is 0 Å². The summed E-state index contributed by atoms with van der Waals surface area (Å²) in [5.41, 5.74) is -1.07. The number of ether oxygens (including phenoxy) is 1. The zero-order valence-corrected chi connectivity index (χ0v) is 16.6. The third-order valence-electron chi connectivity index (χ3n) is 5.61.